The van der Waals surface area contributed by atoms with Gasteiger partial charge in [-0.25, -0.2) is 4.79 Å². The van der Waals surface area contributed by atoms with Crippen LogP contribution in [-0.4, -0.2) is 34.4 Å². The molecule has 0 N–H and O–H groups in total. The predicted molar refractivity (Wildman–Crippen MR) is 101 cm³/mol. The molecule has 1 aliphatic rings. The summed E-state index contributed by atoms with van der Waals surface area (Å²) in [6.07, 6.45) is 3.36. The molecule has 0 unspecified atom stereocenters. The lowest BCUT2D eigenvalue weighted by molar-refractivity contribution is -0.130. The normalized spacial score (nSPS) is 14.6. The Bertz CT molecular complexity index is 926. The third-order valence-corrected chi connectivity index (χ3v) is 4.14. The predicted octanol–water partition coefficient (Wildman–Crippen LogP) is 3.70. The number of para-hydroxylation sites is 1. The van der Waals surface area contributed by atoms with Crippen molar-refractivity contribution in [2.24, 2.45) is 0 Å². The maximum absolute atomic E-state index is 12.4. The van der Waals surface area contributed by atoms with Crippen LogP contribution in [0, 0.1) is 0 Å². The first-order valence-corrected chi connectivity index (χ1v) is 8.20. The summed E-state index contributed by atoms with van der Waals surface area (Å²) in [6.45, 7) is 0. The Labute approximate surface area is 157 Å². The molecule has 0 atom stereocenters. The van der Waals surface area contributed by atoms with E-state index in [1.54, 1.807) is 64.9 Å². The molecule has 27 heavy (non-hydrogen) atoms. The van der Waals surface area contributed by atoms with Crippen LogP contribution in [0.2, 0.25) is 0 Å². The second-order valence-electron chi connectivity index (χ2n) is 5.65. The van der Waals surface area contributed by atoms with Gasteiger partial charge in [-0.15, -0.1) is 0 Å². The summed E-state index contributed by atoms with van der Waals surface area (Å²) in [4.78, 5) is 12.4. The van der Waals surface area contributed by atoms with E-state index in [-0.39, 0.29) is 0 Å². The summed E-state index contributed by atoms with van der Waals surface area (Å²) in [5.74, 6) is 2.27. The van der Waals surface area contributed by atoms with Crippen molar-refractivity contribution in [2.75, 3.05) is 28.4 Å². The van der Waals surface area contributed by atoms with Gasteiger partial charge in [0.2, 0.25) is 0 Å². The fourth-order valence-corrected chi connectivity index (χ4v) is 2.82. The summed E-state index contributed by atoms with van der Waals surface area (Å²) in [5.41, 5.74) is 1.73. The Balaban J connectivity index is 2.04. The van der Waals surface area contributed by atoms with E-state index in [2.05, 4.69) is 0 Å². The SMILES string of the molecule is COc1ccc(OC)c(C2=CC(=Cc3cccc(OC)c3OC)C(=O)O2)c1. The monoisotopic (exact) mass is 368 g/mol. The molecule has 0 saturated carbocycles. The number of hydrogen-bond donors (Lipinski definition) is 0. The first-order chi connectivity index (χ1) is 13.1. The van der Waals surface area contributed by atoms with Crippen molar-refractivity contribution in [1.29, 1.82) is 0 Å². The average Bonchev–Trinajstić information content (AvgIpc) is 3.07. The van der Waals surface area contributed by atoms with E-state index < -0.39 is 5.97 Å². The molecular weight excluding hydrogens is 348 g/mol. The molecule has 0 aliphatic carbocycles. The zero-order valence-corrected chi connectivity index (χ0v) is 15.6. The molecule has 0 fully saturated rings. The van der Waals surface area contributed by atoms with Crippen molar-refractivity contribution in [3.8, 4) is 23.0 Å². The Morgan fingerprint density at radius 1 is 0.889 bits per heavy atom. The highest BCUT2D eigenvalue weighted by Gasteiger charge is 2.25. The minimum atomic E-state index is -0.459. The van der Waals surface area contributed by atoms with Crippen LogP contribution in [-0.2, 0) is 9.53 Å². The van der Waals surface area contributed by atoms with E-state index in [0.717, 1.165) is 0 Å². The average molecular weight is 368 g/mol. The van der Waals surface area contributed by atoms with Crippen LogP contribution < -0.4 is 18.9 Å². The van der Waals surface area contributed by atoms with Crippen molar-refractivity contribution in [2.45, 2.75) is 0 Å². The number of methoxy groups -OCH3 is 4. The van der Waals surface area contributed by atoms with E-state index in [4.69, 9.17) is 23.7 Å². The van der Waals surface area contributed by atoms with Gasteiger partial charge in [-0.2, -0.15) is 0 Å². The molecule has 0 spiro atoms. The van der Waals surface area contributed by atoms with Crippen molar-refractivity contribution >= 4 is 17.8 Å². The van der Waals surface area contributed by atoms with Gasteiger partial charge in [0.25, 0.3) is 0 Å². The van der Waals surface area contributed by atoms with Gasteiger partial charge >= 0.3 is 5.97 Å². The largest absolute Gasteiger partial charge is 0.497 e. The van der Waals surface area contributed by atoms with Crippen molar-refractivity contribution in [3.63, 3.8) is 0 Å². The molecule has 2 aromatic rings. The zero-order chi connectivity index (χ0) is 19.4. The molecule has 2 aromatic carbocycles. The zero-order valence-electron chi connectivity index (χ0n) is 15.6. The number of rotatable bonds is 6. The molecule has 140 valence electrons. The molecule has 3 rings (SSSR count). The summed E-state index contributed by atoms with van der Waals surface area (Å²) in [5, 5.41) is 0. The van der Waals surface area contributed by atoms with Crippen molar-refractivity contribution < 1.29 is 28.5 Å². The lowest BCUT2D eigenvalue weighted by atomic mass is 10.1. The first-order valence-electron chi connectivity index (χ1n) is 8.20. The Kier molecular flexibility index (Phi) is 5.35. The Hall–Kier alpha value is -3.41. The maximum Gasteiger partial charge on any atom is 0.343 e. The van der Waals surface area contributed by atoms with E-state index >= 15 is 0 Å². The fraction of sp³-hybridized carbons (Fsp3) is 0.190. The van der Waals surface area contributed by atoms with E-state index in [1.807, 2.05) is 12.1 Å². The van der Waals surface area contributed by atoms with Gasteiger partial charge in [-0.1, -0.05) is 12.1 Å². The van der Waals surface area contributed by atoms with Crippen LogP contribution in [0.3, 0.4) is 0 Å². The Morgan fingerprint density at radius 2 is 1.67 bits per heavy atom. The Morgan fingerprint density at radius 3 is 2.33 bits per heavy atom. The minimum Gasteiger partial charge on any atom is -0.497 e. The number of esters is 1. The van der Waals surface area contributed by atoms with Crippen molar-refractivity contribution in [3.05, 3.63) is 59.2 Å². The molecule has 1 heterocycles. The quantitative estimate of drug-likeness (QED) is 0.572. The van der Waals surface area contributed by atoms with Gasteiger partial charge in [-0.3, -0.25) is 0 Å². The summed E-state index contributed by atoms with van der Waals surface area (Å²) >= 11 is 0. The second-order valence-corrected chi connectivity index (χ2v) is 5.65. The van der Waals surface area contributed by atoms with E-state index in [0.29, 0.717) is 45.5 Å². The number of ether oxygens (including phenoxy) is 5. The molecule has 0 saturated heterocycles. The third-order valence-electron chi connectivity index (χ3n) is 4.14. The summed E-state index contributed by atoms with van der Waals surface area (Å²) in [7, 11) is 6.24. The highest BCUT2D eigenvalue weighted by molar-refractivity contribution is 6.05. The molecule has 0 amide bonds. The number of hydrogen-bond acceptors (Lipinski definition) is 6. The van der Waals surface area contributed by atoms with Gasteiger partial charge in [0.1, 0.15) is 17.3 Å². The van der Waals surface area contributed by atoms with Crippen LogP contribution in [0.15, 0.2) is 48.0 Å². The second kappa shape index (κ2) is 7.86. The lowest BCUT2D eigenvalue weighted by Gasteiger charge is -2.10. The molecule has 0 aromatic heterocycles. The molecule has 0 radical (unpaired) electrons. The van der Waals surface area contributed by atoms with Crippen LogP contribution >= 0.6 is 0 Å². The fourth-order valence-electron chi connectivity index (χ4n) is 2.82. The maximum atomic E-state index is 12.4. The van der Waals surface area contributed by atoms with Gasteiger partial charge in [0.15, 0.2) is 11.5 Å². The topological polar surface area (TPSA) is 63.2 Å². The van der Waals surface area contributed by atoms with Crippen LogP contribution in [0.5, 0.6) is 23.0 Å². The van der Waals surface area contributed by atoms with Gasteiger partial charge in [-0.05, 0) is 36.4 Å². The lowest BCUT2D eigenvalue weighted by Crippen LogP contribution is -1.99. The van der Waals surface area contributed by atoms with Gasteiger partial charge < -0.3 is 23.7 Å². The standard InChI is InChI=1S/C21H20O6/c1-23-15-8-9-17(24-2)16(12-15)19-11-14(21(22)27-19)10-13-6-5-7-18(25-3)20(13)26-4/h5-12H,1-4H3. The van der Waals surface area contributed by atoms with Gasteiger partial charge in [0.05, 0.1) is 39.6 Å². The van der Waals surface area contributed by atoms with Crippen LogP contribution in [0.1, 0.15) is 11.1 Å². The van der Waals surface area contributed by atoms with E-state index in [1.165, 1.54) is 0 Å². The highest BCUT2D eigenvalue weighted by Crippen LogP contribution is 2.37. The minimum absolute atomic E-state index is 0.390. The van der Waals surface area contributed by atoms with Crippen molar-refractivity contribution in [1.82, 2.24) is 0 Å². The smallest absolute Gasteiger partial charge is 0.343 e. The van der Waals surface area contributed by atoms with Gasteiger partial charge in [0, 0.05) is 5.56 Å². The number of cyclic esters (lactones) is 1. The highest BCUT2D eigenvalue weighted by atomic mass is 16.5. The summed E-state index contributed by atoms with van der Waals surface area (Å²) in [6, 6.07) is 10.7. The number of benzene rings is 2. The summed E-state index contributed by atoms with van der Waals surface area (Å²) < 4.78 is 26.8. The molecule has 0 bridgehead atoms. The molecule has 1 aliphatic heterocycles. The molecule has 6 heteroatoms. The third kappa shape index (κ3) is 3.60. The van der Waals surface area contributed by atoms with E-state index in [9.17, 15) is 4.79 Å². The van der Waals surface area contributed by atoms with Crippen LogP contribution in [0.25, 0.3) is 11.8 Å². The molecule has 6 nitrogen and oxygen atoms in total. The number of carbonyl (C=O) groups excluding carboxylic acids is 1. The molecular formula is C21H20O6. The first kappa shape index (κ1) is 18.4. The van der Waals surface area contributed by atoms with Crippen LogP contribution in [0.4, 0.5) is 0 Å². The number of carbonyl (C=O) groups is 1.